The number of rotatable bonds is 7. The smallest absolute Gasteiger partial charge is 0.00695 e. The van der Waals surface area contributed by atoms with E-state index in [1.54, 1.807) is 0 Å². The van der Waals surface area contributed by atoms with Crippen LogP contribution in [0.3, 0.4) is 0 Å². The van der Waals surface area contributed by atoms with Gasteiger partial charge in [-0.15, -0.1) is 0 Å². The highest BCUT2D eigenvalue weighted by molar-refractivity contribution is 4.74. The normalized spacial score (nSPS) is 20.6. The Morgan fingerprint density at radius 1 is 1.00 bits per heavy atom. The topological polar surface area (TPSA) is 12.0 Å². The van der Waals surface area contributed by atoms with Gasteiger partial charge in [-0.25, -0.2) is 0 Å². The van der Waals surface area contributed by atoms with Gasteiger partial charge >= 0.3 is 0 Å². The van der Waals surface area contributed by atoms with Crippen LogP contribution in [0.5, 0.6) is 0 Å². The third-order valence-electron chi connectivity index (χ3n) is 3.87. The van der Waals surface area contributed by atoms with Crippen molar-refractivity contribution >= 4 is 0 Å². The summed E-state index contributed by atoms with van der Waals surface area (Å²) in [5, 5.41) is 3.84. The summed E-state index contributed by atoms with van der Waals surface area (Å²) in [5.74, 6) is 0. The van der Waals surface area contributed by atoms with Crippen LogP contribution in [0.4, 0.5) is 0 Å². The van der Waals surface area contributed by atoms with Crippen molar-refractivity contribution in [3.63, 3.8) is 0 Å². The lowest BCUT2D eigenvalue weighted by molar-refractivity contribution is 0.385. The molecule has 0 amide bonds. The fourth-order valence-electron chi connectivity index (χ4n) is 2.81. The molecule has 0 spiro atoms. The molecule has 1 fully saturated rings. The van der Waals surface area contributed by atoms with Gasteiger partial charge in [0.1, 0.15) is 0 Å². The SMILES string of the molecule is CCCCCCC(C)NC1CCCCCC1. The molecule has 0 aromatic heterocycles. The lowest BCUT2D eigenvalue weighted by Crippen LogP contribution is -2.36. The Morgan fingerprint density at radius 2 is 1.69 bits per heavy atom. The Hall–Kier alpha value is -0.0400. The van der Waals surface area contributed by atoms with Crippen LogP contribution in [0, 0.1) is 0 Å². The summed E-state index contributed by atoms with van der Waals surface area (Å²) in [7, 11) is 0. The molecule has 1 heteroatoms. The summed E-state index contributed by atoms with van der Waals surface area (Å²) in [6.45, 7) is 4.66. The zero-order valence-corrected chi connectivity index (χ0v) is 11.4. The van der Waals surface area contributed by atoms with Gasteiger partial charge in [-0.3, -0.25) is 0 Å². The average molecular weight is 225 g/mol. The molecule has 1 aliphatic rings. The largest absolute Gasteiger partial charge is 0.312 e. The van der Waals surface area contributed by atoms with E-state index in [4.69, 9.17) is 0 Å². The van der Waals surface area contributed by atoms with Gasteiger partial charge in [0.2, 0.25) is 0 Å². The Labute approximate surface area is 102 Å². The second-order valence-electron chi connectivity index (χ2n) is 5.61. The molecule has 0 aliphatic heterocycles. The molecule has 16 heavy (non-hydrogen) atoms. The molecule has 1 N–H and O–H groups in total. The van der Waals surface area contributed by atoms with Crippen LogP contribution in [-0.4, -0.2) is 12.1 Å². The predicted octanol–water partition coefficient (Wildman–Crippen LogP) is 4.66. The number of hydrogen-bond acceptors (Lipinski definition) is 1. The first-order valence-corrected chi connectivity index (χ1v) is 7.59. The van der Waals surface area contributed by atoms with E-state index in [2.05, 4.69) is 19.2 Å². The third-order valence-corrected chi connectivity index (χ3v) is 3.87. The summed E-state index contributed by atoms with van der Waals surface area (Å²) in [6, 6.07) is 1.56. The van der Waals surface area contributed by atoms with Gasteiger partial charge in [0.25, 0.3) is 0 Å². The van der Waals surface area contributed by atoms with Crippen molar-refractivity contribution in [3.05, 3.63) is 0 Å². The molecule has 96 valence electrons. The molecule has 1 saturated carbocycles. The molecule has 1 nitrogen and oxygen atoms in total. The van der Waals surface area contributed by atoms with E-state index in [9.17, 15) is 0 Å². The first kappa shape index (κ1) is 14.0. The Bertz CT molecular complexity index is 148. The van der Waals surface area contributed by atoms with E-state index in [1.807, 2.05) is 0 Å². The fraction of sp³-hybridized carbons (Fsp3) is 1.00. The molecular formula is C15H31N. The average Bonchev–Trinajstić information content (AvgIpc) is 2.53. The maximum Gasteiger partial charge on any atom is 0.00695 e. The van der Waals surface area contributed by atoms with Gasteiger partial charge in [0.05, 0.1) is 0 Å². The van der Waals surface area contributed by atoms with Gasteiger partial charge < -0.3 is 5.32 Å². The maximum absolute atomic E-state index is 3.84. The third kappa shape index (κ3) is 6.52. The molecule has 0 aromatic carbocycles. The second kappa shape index (κ2) is 9.04. The van der Waals surface area contributed by atoms with Crippen LogP contribution in [0.15, 0.2) is 0 Å². The van der Waals surface area contributed by atoms with Crippen molar-refractivity contribution < 1.29 is 0 Å². The van der Waals surface area contributed by atoms with Crippen LogP contribution in [0.25, 0.3) is 0 Å². The highest BCUT2D eigenvalue weighted by atomic mass is 14.9. The summed E-state index contributed by atoms with van der Waals surface area (Å²) in [4.78, 5) is 0. The van der Waals surface area contributed by atoms with Gasteiger partial charge in [-0.2, -0.15) is 0 Å². The molecule has 1 atom stereocenters. The first-order valence-electron chi connectivity index (χ1n) is 7.59. The molecule has 0 heterocycles. The lowest BCUT2D eigenvalue weighted by Gasteiger charge is -2.22. The molecular weight excluding hydrogens is 194 g/mol. The summed E-state index contributed by atoms with van der Waals surface area (Å²) >= 11 is 0. The van der Waals surface area contributed by atoms with Crippen molar-refractivity contribution in [1.82, 2.24) is 5.32 Å². The fourth-order valence-corrected chi connectivity index (χ4v) is 2.81. The van der Waals surface area contributed by atoms with Crippen LogP contribution in [0.1, 0.15) is 84.5 Å². The molecule has 0 radical (unpaired) electrons. The Balaban J connectivity index is 2.04. The van der Waals surface area contributed by atoms with Gasteiger partial charge in [-0.1, -0.05) is 58.3 Å². The van der Waals surface area contributed by atoms with E-state index in [-0.39, 0.29) is 0 Å². The maximum atomic E-state index is 3.84. The Morgan fingerprint density at radius 3 is 2.31 bits per heavy atom. The zero-order valence-electron chi connectivity index (χ0n) is 11.4. The molecule has 0 aromatic rings. The number of unbranched alkanes of at least 4 members (excludes halogenated alkanes) is 3. The van der Waals surface area contributed by atoms with Crippen molar-refractivity contribution in [1.29, 1.82) is 0 Å². The summed E-state index contributed by atoms with van der Waals surface area (Å²) < 4.78 is 0. The monoisotopic (exact) mass is 225 g/mol. The molecule has 1 rings (SSSR count). The molecule has 0 bridgehead atoms. The van der Waals surface area contributed by atoms with Crippen LogP contribution in [-0.2, 0) is 0 Å². The molecule has 0 saturated heterocycles. The Kier molecular flexibility index (Phi) is 7.92. The van der Waals surface area contributed by atoms with Crippen LogP contribution >= 0.6 is 0 Å². The van der Waals surface area contributed by atoms with Crippen molar-refractivity contribution in [2.24, 2.45) is 0 Å². The number of nitrogens with one attached hydrogen (secondary N) is 1. The number of hydrogen-bond donors (Lipinski definition) is 1. The second-order valence-corrected chi connectivity index (χ2v) is 5.61. The van der Waals surface area contributed by atoms with E-state index in [0.29, 0.717) is 0 Å². The first-order chi connectivity index (χ1) is 7.83. The van der Waals surface area contributed by atoms with Gasteiger partial charge in [0.15, 0.2) is 0 Å². The van der Waals surface area contributed by atoms with E-state index >= 15 is 0 Å². The molecule has 1 unspecified atom stereocenters. The standard InChI is InChI=1S/C15H31N/c1-3-4-5-8-11-14(2)16-15-12-9-6-7-10-13-15/h14-16H,3-13H2,1-2H3. The highest BCUT2D eigenvalue weighted by Crippen LogP contribution is 2.18. The minimum absolute atomic E-state index is 0.736. The summed E-state index contributed by atoms with van der Waals surface area (Å²) in [5.41, 5.74) is 0. The predicted molar refractivity (Wildman–Crippen MR) is 72.8 cm³/mol. The van der Waals surface area contributed by atoms with Crippen molar-refractivity contribution in [2.75, 3.05) is 0 Å². The van der Waals surface area contributed by atoms with Crippen molar-refractivity contribution in [2.45, 2.75) is 96.6 Å². The van der Waals surface area contributed by atoms with E-state index in [1.165, 1.54) is 70.6 Å². The van der Waals surface area contributed by atoms with Crippen LogP contribution in [0.2, 0.25) is 0 Å². The van der Waals surface area contributed by atoms with E-state index in [0.717, 1.165) is 12.1 Å². The summed E-state index contributed by atoms with van der Waals surface area (Å²) in [6.07, 6.45) is 15.6. The minimum Gasteiger partial charge on any atom is -0.312 e. The van der Waals surface area contributed by atoms with Gasteiger partial charge in [-0.05, 0) is 26.2 Å². The lowest BCUT2D eigenvalue weighted by atomic mass is 10.0. The minimum atomic E-state index is 0.736. The van der Waals surface area contributed by atoms with Gasteiger partial charge in [0, 0.05) is 12.1 Å². The van der Waals surface area contributed by atoms with E-state index < -0.39 is 0 Å². The highest BCUT2D eigenvalue weighted by Gasteiger charge is 2.13. The quantitative estimate of drug-likeness (QED) is 0.491. The molecule has 1 aliphatic carbocycles. The van der Waals surface area contributed by atoms with Crippen LogP contribution < -0.4 is 5.32 Å². The van der Waals surface area contributed by atoms with Crippen molar-refractivity contribution in [3.8, 4) is 0 Å². The zero-order chi connectivity index (χ0) is 11.6.